The van der Waals surface area contributed by atoms with E-state index in [0.717, 1.165) is 0 Å². The number of nitrogens with two attached hydrogens (primary N) is 1. The monoisotopic (exact) mass is 349 g/mol. The van der Waals surface area contributed by atoms with Gasteiger partial charge in [-0.25, -0.2) is 0 Å². The number of benzene rings is 2. The minimum atomic E-state index is -0.817. The topological polar surface area (TPSA) is 96.3 Å². The molecule has 3 N–H and O–H groups in total. The van der Waals surface area contributed by atoms with Gasteiger partial charge in [-0.3, -0.25) is 19.3 Å². The number of nitrogens with one attached hydrogen (secondary N) is 1. The van der Waals surface area contributed by atoms with Crippen molar-refractivity contribution in [2.45, 2.75) is 19.4 Å². The SMILES string of the molecule is CCC(C(N)=O)N(C(=O)c1cc(=O)[nH]c2ccccc12)c1ccccc1. The number of H-pyrrole nitrogens is 1. The van der Waals surface area contributed by atoms with Gasteiger partial charge in [-0.2, -0.15) is 0 Å². The minimum absolute atomic E-state index is 0.230. The number of aromatic amines is 1. The third-order valence-corrected chi connectivity index (χ3v) is 4.26. The Balaban J connectivity index is 2.21. The summed E-state index contributed by atoms with van der Waals surface area (Å²) in [5.41, 5.74) is 6.50. The first-order valence-electron chi connectivity index (χ1n) is 8.33. The summed E-state index contributed by atoms with van der Waals surface area (Å²) in [4.78, 5) is 41.5. The van der Waals surface area contributed by atoms with Crippen molar-refractivity contribution in [2.75, 3.05) is 4.90 Å². The average Bonchev–Trinajstić information content (AvgIpc) is 2.65. The van der Waals surface area contributed by atoms with Crippen LogP contribution in [0.2, 0.25) is 0 Å². The van der Waals surface area contributed by atoms with Crippen molar-refractivity contribution in [3.8, 4) is 0 Å². The van der Waals surface area contributed by atoms with Crippen molar-refractivity contribution in [1.29, 1.82) is 0 Å². The van der Waals surface area contributed by atoms with Crippen LogP contribution < -0.4 is 16.2 Å². The summed E-state index contributed by atoms with van der Waals surface area (Å²) in [5.74, 6) is -1.04. The Labute approximate surface area is 150 Å². The van der Waals surface area contributed by atoms with Gasteiger partial charge < -0.3 is 10.7 Å². The standard InChI is InChI=1S/C20H19N3O3/c1-2-17(19(21)25)23(13-8-4-3-5-9-13)20(26)15-12-18(24)22-16-11-7-6-10-14(15)16/h3-12,17H,2H2,1H3,(H2,21,25)(H,22,24). The molecule has 3 rings (SSSR count). The molecular formula is C20H19N3O3. The number of aromatic nitrogens is 1. The van der Waals surface area contributed by atoms with E-state index in [1.54, 1.807) is 55.5 Å². The molecule has 0 aliphatic carbocycles. The summed E-state index contributed by atoms with van der Waals surface area (Å²) in [6.45, 7) is 1.79. The second-order valence-corrected chi connectivity index (χ2v) is 5.93. The summed E-state index contributed by atoms with van der Waals surface area (Å²) in [7, 11) is 0. The molecule has 0 aliphatic heterocycles. The maximum absolute atomic E-state index is 13.4. The second kappa shape index (κ2) is 7.23. The molecule has 2 aromatic carbocycles. The first-order chi connectivity index (χ1) is 12.5. The Hall–Kier alpha value is -3.41. The molecule has 1 unspecified atom stereocenters. The average molecular weight is 349 g/mol. The predicted molar refractivity (Wildman–Crippen MR) is 101 cm³/mol. The lowest BCUT2D eigenvalue weighted by Gasteiger charge is -2.29. The fraction of sp³-hybridized carbons (Fsp3) is 0.150. The number of para-hydroxylation sites is 2. The van der Waals surface area contributed by atoms with Gasteiger partial charge in [0, 0.05) is 22.7 Å². The highest BCUT2D eigenvalue weighted by Crippen LogP contribution is 2.24. The molecule has 0 aliphatic rings. The molecule has 0 fully saturated rings. The second-order valence-electron chi connectivity index (χ2n) is 5.93. The number of rotatable bonds is 5. The first kappa shape index (κ1) is 17.4. The largest absolute Gasteiger partial charge is 0.368 e. The van der Waals surface area contributed by atoms with Gasteiger partial charge in [0.15, 0.2) is 0 Å². The molecular weight excluding hydrogens is 330 g/mol. The molecule has 6 nitrogen and oxygen atoms in total. The van der Waals surface area contributed by atoms with Crippen molar-refractivity contribution in [1.82, 2.24) is 4.98 Å². The number of hydrogen-bond donors (Lipinski definition) is 2. The van der Waals surface area contributed by atoms with Gasteiger partial charge >= 0.3 is 0 Å². The zero-order valence-electron chi connectivity index (χ0n) is 14.3. The fourth-order valence-corrected chi connectivity index (χ4v) is 3.05. The van der Waals surface area contributed by atoms with Crippen LogP contribution in [0, 0.1) is 0 Å². The van der Waals surface area contributed by atoms with E-state index in [1.807, 2.05) is 6.07 Å². The van der Waals surface area contributed by atoms with Crippen molar-refractivity contribution >= 4 is 28.4 Å². The minimum Gasteiger partial charge on any atom is -0.368 e. The van der Waals surface area contributed by atoms with Crippen LogP contribution in [0.3, 0.4) is 0 Å². The molecule has 132 valence electrons. The summed E-state index contributed by atoms with van der Waals surface area (Å²) >= 11 is 0. The van der Waals surface area contributed by atoms with Crippen molar-refractivity contribution in [3.63, 3.8) is 0 Å². The molecule has 0 spiro atoms. The van der Waals surface area contributed by atoms with Crippen molar-refractivity contribution in [2.24, 2.45) is 5.73 Å². The molecule has 0 saturated carbocycles. The third-order valence-electron chi connectivity index (χ3n) is 4.26. The summed E-state index contributed by atoms with van der Waals surface area (Å²) in [6.07, 6.45) is 0.358. The molecule has 0 bridgehead atoms. The van der Waals surface area contributed by atoms with Gasteiger partial charge in [0.2, 0.25) is 11.5 Å². The smallest absolute Gasteiger partial charge is 0.259 e. The van der Waals surface area contributed by atoms with E-state index < -0.39 is 17.9 Å². The molecule has 1 atom stereocenters. The van der Waals surface area contributed by atoms with E-state index in [2.05, 4.69) is 4.98 Å². The number of carbonyl (C=O) groups excluding carboxylic acids is 2. The predicted octanol–water partition coefficient (Wildman–Crippen LogP) is 2.44. The number of fused-ring (bicyclic) bond motifs is 1. The van der Waals surface area contributed by atoms with Gasteiger partial charge in [-0.1, -0.05) is 43.3 Å². The molecule has 3 aromatic rings. The van der Waals surface area contributed by atoms with Gasteiger partial charge in [0.1, 0.15) is 6.04 Å². The molecule has 1 heterocycles. The number of amides is 2. The van der Waals surface area contributed by atoms with E-state index in [9.17, 15) is 14.4 Å². The van der Waals surface area contributed by atoms with Crippen LogP contribution in [0.1, 0.15) is 23.7 Å². The van der Waals surface area contributed by atoms with Crippen LogP contribution in [-0.2, 0) is 4.79 Å². The van der Waals surface area contributed by atoms with Gasteiger partial charge in [0.25, 0.3) is 5.91 Å². The Morgan fingerprint density at radius 3 is 2.38 bits per heavy atom. The maximum atomic E-state index is 13.4. The highest BCUT2D eigenvalue weighted by Gasteiger charge is 2.30. The third kappa shape index (κ3) is 3.21. The van der Waals surface area contributed by atoms with Gasteiger partial charge in [0.05, 0.1) is 5.56 Å². The molecule has 2 amide bonds. The van der Waals surface area contributed by atoms with Gasteiger partial charge in [-0.05, 0) is 24.6 Å². The lowest BCUT2D eigenvalue weighted by Crippen LogP contribution is -2.48. The number of hydrogen-bond acceptors (Lipinski definition) is 3. The van der Waals surface area contributed by atoms with E-state index in [-0.39, 0.29) is 11.1 Å². The lowest BCUT2D eigenvalue weighted by molar-refractivity contribution is -0.119. The first-order valence-corrected chi connectivity index (χ1v) is 8.33. The Bertz CT molecular complexity index is 1010. The molecule has 0 radical (unpaired) electrons. The van der Waals surface area contributed by atoms with E-state index in [1.165, 1.54) is 11.0 Å². The van der Waals surface area contributed by atoms with Gasteiger partial charge in [-0.15, -0.1) is 0 Å². The number of carbonyl (C=O) groups is 2. The number of pyridine rings is 1. The highest BCUT2D eigenvalue weighted by molar-refractivity contribution is 6.15. The summed E-state index contributed by atoms with van der Waals surface area (Å²) in [5, 5.41) is 0.609. The van der Waals surface area contributed by atoms with Crippen LogP contribution in [-0.4, -0.2) is 22.8 Å². The number of primary amides is 1. The summed E-state index contributed by atoms with van der Waals surface area (Å²) in [6, 6.07) is 16.3. The molecule has 1 aromatic heterocycles. The zero-order chi connectivity index (χ0) is 18.7. The van der Waals surface area contributed by atoms with Crippen LogP contribution in [0.15, 0.2) is 65.5 Å². The fourth-order valence-electron chi connectivity index (χ4n) is 3.05. The van der Waals surface area contributed by atoms with E-state index >= 15 is 0 Å². The van der Waals surface area contributed by atoms with Crippen molar-refractivity contribution < 1.29 is 9.59 Å². The quantitative estimate of drug-likeness (QED) is 0.740. The summed E-state index contributed by atoms with van der Waals surface area (Å²) < 4.78 is 0. The van der Waals surface area contributed by atoms with Crippen LogP contribution in [0.25, 0.3) is 10.9 Å². The Kier molecular flexibility index (Phi) is 4.84. The highest BCUT2D eigenvalue weighted by atomic mass is 16.2. The number of nitrogens with zero attached hydrogens (tertiary/aromatic N) is 1. The molecule has 6 heteroatoms. The van der Waals surface area contributed by atoms with Crippen molar-refractivity contribution in [3.05, 3.63) is 76.6 Å². The van der Waals surface area contributed by atoms with E-state index in [0.29, 0.717) is 23.0 Å². The Morgan fingerprint density at radius 1 is 1.08 bits per heavy atom. The number of anilines is 1. The normalized spacial score (nSPS) is 11.9. The zero-order valence-corrected chi connectivity index (χ0v) is 14.3. The van der Waals surface area contributed by atoms with Crippen LogP contribution in [0.4, 0.5) is 5.69 Å². The molecule has 26 heavy (non-hydrogen) atoms. The van der Waals surface area contributed by atoms with E-state index in [4.69, 9.17) is 5.73 Å². The lowest BCUT2D eigenvalue weighted by atomic mass is 10.0. The maximum Gasteiger partial charge on any atom is 0.259 e. The van der Waals surface area contributed by atoms with Crippen LogP contribution >= 0.6 is 0 Å². The Morgan fingerprint density at radius 2 is 1.73 bits per heavy atom. The molecule has 0 saturated heterocycles. The van der Waals surface area contributed by atoms with Crippen LogP contribution in [0.5, 0.6) is 0 Å².